The summed E-state index contributed by atoms with van der Waals surface area (Å²) in [5.41, 5.74) is 5.37. The van der Waals surface area contributed by atoms with E-state index in [1.807, 2.05) is 52.0 Å². The average molecular weight is 562 g/mol. The van der Waals surface area contributed by atoms with E-state index in [0.29, 0.717) is 24.4 Å². The van der Waals surface area contributed by atoms with Gasteiger partial charge >= 0.3 is 0 Å². The molecule has 0 aliphatic carbocycles. The largest absolute Gasteiger partial charge is 0.340 e. The lowest BCUT2D eigenvalue weighted by molar-refractivity contribution is 0.146. The molecule has 0 radical (unpaired) electrons. The van der Waals surface area contributed by atoms with E-state index in [1.54, 1.807) is 12.4 Å². The topological polar surface area (TPSA) is 89.6 Å². The van der Waals surface area contributed by atoms with E-state index in [4.69, 9.17) is 0 Å². The lowest BCUT2D eigenvalue weighted by Gasteiger charge is -2.34. The number of likely N-dealkylation sites (tertiary alicyclic amines) is 1. The highest BCUT2D eigenvalue weighted by Gasteiger charge is 2.23. The van der Waals surface area contributed by atoms with Gasteiger partial charge in [0.15, 0.2) is 0 Å². The molecule has 4 heterocycles. The fraction of sp³-hybridized carbons (Fsp3) is 0.281. The lowest BCUT2D eigenvalue weighted by atomic mass is 10.0. The Morgan fingerprint density at radius 3 is 2.71 bits per heavy atom. The van der Waals surface area contributed by atoms with Crippen molar-refractivity contribution in [2.45, 2.75) is 45.3 Å². The van der Waals surface area contributed by atoms with E-state index >= 15 is 0 Å². The van der Waals surface area contributed by atoms with Crippen LogP contribution in [0.2, 0.25) is 0 Å². The summed E-state index contributed by atoms with van der Waals surface area (Å²) in [7, 11) is 0. The molecule has 0 spiro atoms. The normalized spacial score (nSPS) is 14.8. The molecule has 7 rings (SSSR count). The van der Waals surface area contributed by atoms with Crippen LogP contribution in [0.15, 0.2) is 79.4 Å². The smallest absolute Gasteiger partial charge is 0.141 e. The van der Waals surface area contributed by atoms with Crippen LogP contribution in [-0.2, 0) is 6.54 Å². The maximum absolute atomic E-state index is 13.7. The quantitative estimate of drug-likeness (QED) is 0.248. The number of hydrogen-bond acceptors (Lipinski definition) is 7. The average Bonchev–Trinajstić information content (AvgIpc) is 3.65. The Morgan fingerprint density at radius 2 is 1.88 bits per heavy atom. The molecule has 0 atom stereocenters. The minimum Gasteiger partial charge on any atom is -0.340 e. The van der Waals surface area contributed by atoms with Crippen molar-refractivity contribution >= 4 is 33.3 Å². The molecule has 1 N–H and O–H groups in total. The third-order valence-corrected chi connectivity index (χ3v) is 8.17. The number of anilines is 2. The number of fused-ring (bicyclic) bond motifs is 2. The summed E-state index contributed by atoms with van der Waals surface area (Å²) in [6, 6.07) is 19.7. The van der Waals surface area contributed by atoms with Crippen molar-refractivity contribution < 1.29 is 4.39 Å². The highest BCUT2D eigenvalue weighted by atomic mass is 19.1. The summed E-state index contributed by atoms with van der Waals surface area (Å²) < 4.78 is 17.6. The van der Waals surface area contributed by atoms with E-state index in [0.717, 1.165) is 70.2 Å². The van der Waals surface area contributed by atoms with Gasteiger partial charge in [0.25, 0.3) is 0 Å². The Hall–Kier alpha value is -4.70. The summed E-state index contributed by atoms with van der Waals surface area (Å²) in [6.45, 7) is 7.17. The first-order valence-corrected chi connectivity index (χ1v) is 14.4. The van der Waals surface area contributed by atoms with Crippen LogP contribution in [0.25, 0.3) is 33.1 Å². The second kappa shape index (κ2) is 10.9. The molecule has 3 aromatic carbocycles. The number of aromatic nitrogens is 7. The molecule has 9 nitrogen and oxygen atoms in total. The van der Waals surface area contributed by atoms with Gasteiger partial charge in [-0.25, -0.2) is 19.0 Å². The number of rotatable bonds is 7. The van der Waals surface area contributed by atoms with Gasteiger partial charge in [-0.15, -0.1) is 5.10 Å². The Bertz CT molecular complexity index is 1870. The van der Waals surface area contributed by atoms with Gasteiger partial charge in [0.05, 0.1) is 36.0 Å². The fourth-order valence-corrected chi connectivity index (χ4v) is 5.81. The molecule has 212 valence electrons. The zero-order chi connectivity index (χ0) is 28.6. The van der Waals surface area contributed by atoms with Crippen LogP contribution in [0, 0.1) is 5.82 Å². The molecule has 0 amide bonds. The Morgan fingerprint density at radius 1 is 1.00 bits per heavy atom. The van der Waals surface area contributed by atoms with Crippen molar-refractivity contribution in [1.82, 2.24) is 39.6 Å². The summed E-state index contributed by atoms with van der Waals surface area (Å²) >= 11 is 0. The predicted octanol–water partition coefficient (Wildman–Crippen LogP) is 6.21. The molecule has 1 fully saturated rings. The number of benzene rings is 3. The van der Waals surface area contributed by atoms with Gasteiger partial charge in [0, 0.05) is 41.2 Å². The first-order chi connectivity index (χ1) is 20.5. The molecule has 1 saturated heterocycles. The minimum atomic E-state index is -0.248. The van der Waals surface area contributed by atoms with E-state index in [1.165, 1.54) is 12.1 Å². The SMILES string of the molecule is CC(C)N1CCC(n2cc(-c3ccc4ncnc(Nc5ccc6c(cnn6Cc6cccc(F)c6)c5)c4c3)nn2)CC1. The second-order valence-electron chi connectivity index (χ2n) is 11.2. The number of piperidine rings is 1. The molecular formula is C32H32FN9. The molecule has 6 aromatic rings. The summed E-state index contributed by atoms with van der Waals surface area (Å²) in [5.74, 6) is 0.462. The highest BCUT2D eigenvalue weighted by molar-refractivity contribution is 5.94. The van der Waals surface area contributed by atoms with E-state index in [2.05, 4.69) is 61.7 Å². The molecule has 0 bridgehead atoms. The van der Waals surface area contributed by atoms with Crippen LogP contribution in [0.3, 0.4) is 0 Å². The van der Waals surface area contributed by atoms with E-state index < -0.39 is 0 Å². The first-order valence-electron chi connectivity index (χ1n) is 14.4. The Kier molecular flexibility index (Phi) is 6.83. The molecule has 0 saturated carbocycles. The van der Waals surface area contributed by atoms with Crippen molar-refractivity contribution in [2.75, 3.05) is 18.4 Å². The zero-order valence-electron chi connectivity index (χ0n) is 23.7. The van der Waals surface area contributed by atoms with Crippen LogP contribution in [0.5, 0.6) is 0 Å². The van der Waals surface area contributed by atoms with Crippen molar-refractivity contribution in [3.8, 4) is 11.3 Å². The monoisotopic (exact) mass is 561 g/mol. The molecule has 1 aliphatic rings. The minimum absolute atomic E-state index is 0.248. The van der Waals surface area contributed by atoms with Gasteiger partial charge in [0.2, 0.25) is 0 Å². The number of halogens is 1. The number of hydrogen-bond donors (Lipinski definition) is 1. The van der Waals surface area contributed by atoms with Gasteiger partial charge < -0.3 is 10.2 Å². The molecule has 0 unspecified atom stereocenters. The Labute approximate surface area is 243 Å². The summed E-state index contributed by atoms with van der Waals surface area (Å²) in [6.07, 6.45) is 7.61. The van der Waals surface area contributed by atoms with Crippen molar-refractivity contribution in [2.24, 2.45) is 0 Å². The Balaban J connectivity index is 1.12. The van der Waals surface area contributed by atoms with Gasteiger partial charge in [-0.1, -0.05) is 23.4 Å². The zero-order valence-corrected chi connectivity index (χ0v) is 23.7. The molecule has 3 aromatic heterocycles. The van der Waals surface area contributed by atoms with Gasteiger partial charge in [-0.2, -0.15) is 5.10 Å². The summed E-state index contributed by atoms with van der Waals surface area (Å²) in [4.78, 5) is 11.6. The van der Waals surface area contributed by atoms with Crippen LogP contribution in [-0.4, -0.2) is 58.8 Å². The van der Waals surface area contributed by atoms with Crippen LogP contribution >= 0.6 is 0 Å². The number of nitrogens with one attached hydrogen (secondary N) is 1. The predicted molar refractivity (Wildman–Crippen MR) is 162 cm³/mol. The fourth-order valence-electron chi connectivity index (χ4n) is 5.81. The third-order valence-electron chi connectivity index (χ3n) is 8.17. The summed E-state index contributed by atoms with van der Waals surface area (Å²) in [5, 5.41) is 18.9. The second-order valence-corrected chi connectivity index (χ2v) is 11.2. The molecular weight excluding hydrogens is 529 g/mol. The molecule has 42 heavy (non-hydrogen) atoms. The van der Waals surface area contributed by atoms with E-state index in [9.17, 15) is 4.39 Å². The van der Waals surface area contributed by atoms with Gasteiger partial charge in [0.1, 0.15) is 23.7 Å². The van der Waals surface area contributed by atoms with Crippen LogP contribution in [0.4, 0.5) is 15.9 Å². The van der Waals surface area contributed by atoms with Crippen LogP contribution < -0.4 is 5.32 Å². The first kappa shape index (κ1) is 26.2. The maximum Gasteiger partial charge on any atom is 0.141 e. The standard InChI is InChI=1S/C32H32FN9/c1-21(2)40-12-10-27(11-13-40)41-19-30(38-39-41)23-6-8-29-28(16-23)32(35-20-34-29)37-26-7-9-31-24(15-26)17-36-42(31)18-22-4-3-5-25(33)14-22/h3-9,14-17,19-21,27H,10-13,18H2,1-2H3,(H,34,35,37). The third kappa shape index (κ3) is 5.21. The number of nitrogens with zero attached hydrogens (tertiary/aromatic N) is 8. The maximum atomic E-state index is 13.7. The van der Waals surface area contributed by atoms with Crippen molar-refractivity contribution in [1.29, 1.82) is 0 Å². The molecule has 1 aliphatic heterocycles. The van der Waals surface area contributed by atoms with Gasteiger partial charge in [-0.05, 0) is 74.7 Å². The van der Waals surface area contributed by atoms with Crippen molar-refractivity contribution in [3.63, 3.8) is 0 Å². The highest BCUT2D eigenvalue weighted by Crippen LogP contribution is 2.30. The van der Waals surface area contributed by atoms with Gasteiger partial charge in [-0.3, -0.25) is 4.68 Å². The van der Waals surface area contributed by atoms with E-state index in [-0.39, 0.29) is 5.82 Å². The lowest BCUT2D eigenvalue weighted by Crippen LogP contribution is -2.39. The van der Waals surface area contributed by atoms with Crippen LogP contribution in [0.1, 0.15) is 38.3 Å². The molecule has 10 heteroatoms. The van der Waals surface area contributed by atoms with Crippen molar-refractivity contribution in [3.05, 3.63) is 90.8 Å².